The fourth-order valence-corrected chi connectivity index (χ4v) is 7.35. The molecule has 1 aromatic carbocycles. The predicted octanol–water partition coefficient (Wildman–Crippen LogP) is 4.05. The van der Waals surface area contributed by atoms with Gasteiger partial charge < -0.3 is 24.1 Å². The number of anilines is 1. The molecular formula is C27H31N3O7S3. The lowest BCUT2D eigenvalue weighted by molar-refractivity contribution is -0.115. The van der Waals surface area contributed by atoms with Crippen LogP contribution in [-0.4, -0.2) is 66.8 Å². The number of methoxy groups -OCH3 is 1. The molecule has 0 unspecified atom stereocenters. The van der Waals surface area contributed by atoms with Crippen LogP contribution in [-0.2, 0) is 43.2 Å². The van der Waals surface area contributed by atoms with Crippen molar-refractivity contribution in [2.24, 2.45) is 4.99 Å². The fraction of sp³-hybridized carbons (Fsp3) is 0.444. The van der Waals surface area contributed by atoms with Gasteiger partial charge in [-0.2, -0.15) is 4.99 Å². The predicted molar refractivity (Wildman–Crippen MR) is 156 cm³/mol. The van der Waals surface area contributed by atoms with Crippen molar-refractivity contribution in [3.05, 3.63) is 44.6 Å². The van der Waals surface area contributed by atoms with Crippen molar-refractivity contribution in [3.8, 4) is 0 Å². The molecule has 1 aliphatic rings. The van der Waals surface area contributed by atoms with Crippen LogP contribution < -0.4 is 10.1 Å². The third kappa shape index (κ3) is 7.00. The van der Waals surface area contributed by atoms with E-state index in [-0.39, 0.29) is 36.5 Å². The van der Waals surface area contributed by atoms with Gasteiger partial charge in [-0.25, -0.2) is 9.59 Å². The van der Waals surface area contributed by atoms with E-state index in [0.717, 1.165) is 51.7 Å². The number of esters is 2. The van der Waals surface area contributed by atoms with Crippen LogP contribution in [0.5, 0.6) is 0 Å². The lowest BCUT2D eigenvalue weighted by Gasteiger charge is -2.07. The van der Waals surface area contributed by atoms with Gasteiger partial charge in [-0.15, -0.1) is 23.1 Å². The standard InChI is InChI=1S/C27H31N3O7S3/c1-4-36-25(33)16-9-10-18-20(13-16)40-27(30(18)11-12-35-3)29-22(32)15-38-14-21(31)28-24-23(26(34)37-5-2)17-7-6-8-19(17)39-24/h9-10,13H,4-8,11-12,14-15H2,1-3H3,(H,28,31). The zero-order chi connectivity index (χ0) is 28.6. The highest BCUT2D eigenvalue weighted by molar-refractivity contribution is 8.00. The fourth-order valence-electron chi connectivity index (χ4n) is 4.34. The number of nitrogens with zero attached hydrogens (tertiary/aromatic N) is 2. The molecule has 2 amide bonds. The van der Waals surface area contributed by atoms with Crippen LogP contribution in [0.4, 0.5) is 5.00 Å². The van der Waals surface area contributed by atoms with Crippen molar-refractivity contribution in [1.82, 2.24) is 4.57 Å². The summed E-state index contributed by atoms with van der Waals surface area (Å²) < 4.78 is 18.2. The van der Waals surface area contributed by atoms with Gasteiger partial charge in [0.25, 0.3) is 5.91 Å². The molecule has 0 fully saturated rings. The van der Waals surface area contributed by atoms with E-state index in [1.165, 1.54) is 22.7 Å². The number of rotatable bonds is 12. The quantitative estimate of drug-likeness (QED) is 0.307. The maximum atomic E-state index is 12.7. The number of carbonyl (C=O) groups is 4. The molecule has 0 aliphatic heterocycles. The summed E-state index contributed by atoms with van der Waals surface area (Å²) in [7, 11) is 1.59. The van der Waals surface area contributed by atoms with Gasteiger partial charge in [0.05, 0.1) is 52.7 Å². The smallest absolute Gasteiger partial charge is 0.341 e. The number of aromatic nitrogens is 1. The van der Waals surface area contributed by atoms with E-state index in [9.17, 15) is 19.2 Å². The van der Waals surface area contributed by atoms with Crippen molar-refractivity contribution >= 4 is 73.4 Å². The van der Waals surface area contributed by atoms with Gasteiger partial charge in [-0.1, -0.05) is 11.3 Å². The molecule has 0 saturated carbocycles. The highest BCUT2D eigenvalue weighted by Crippen LogP contribution is 2.39. The molecule has 40 heavy (non-hydrogen) atoms. The molecule has 0 atom stereocenters. The SMILES string of the molecule is CCOC(=O)c1ccc2c(c1)sc(=NC(=O)CSCC(=O)Nc1sc3c(c1C(=O)OCC)CCC3)n2CCOC. The zero-order valence-electron chi connectivity index (χ0n) is 22.6. The number of fused-ring (bicyclic) bond motifs is 2. The largest absolute Gasteiger partial charge is 0.462 e. The Kier molecular flexibility index (Phi) is 10.5. The molecule has 0 bridgehead atoms. The van der Waals surface area contributed by atoms with E-state index in [1.807, 2.05) is 4.57 Å². The molecule has 3 aromatic rings. The molecule has 0 spiro atoms. The zero-order valence-corrected chi connectivity index (χ0v) is 25.0. The van der Waals surface area contributed by atoms with Crippen molar-refractivity contribution in [2.45, 2.75) is 39.7 Å². The minimum absolute atomic E-state index is 0.00565. The Hall–Kier alpha value is -3.00. The second-order valence-corrected chi connectivity index (χ2v) is 11.9. The van der Waals surface area contributed by atoms with E-state index < -0.39 is 11.9 Å². The normalized spacial score (nSPS) is 12.9. The minimum atomic E-state index is -0.418. The molecule has 0 radical (unpaired) electrons. The highest BCUT2D eigenvalue weighted by Gasteiger charge is 2.28. The summed E-state index contributed by atoms with van der Waals surface area (Å²) in [4.78, 5) is 56.0. The molecule has 2 aromatic heterocycles. The summed E-state index contributed by atoms with van der Waals surface area (Å²) in [5.74, 6) is -1.47. The van der Waals surface area contributed by atoms with Gasteiger partial charge >= 0.3 is 11.9 Å². The maximum absolute atomic E-state index is 12.7. The molecule has 214 valence electrons. The summed E-state index contributed by atoms with van der Waals surface area (Å²) >= 11 is 3.86. The first-order valence-electron chi connectivity index (χ1n) is 12.9. The number of thioether (sulfide) groups is 1. The maximum Gasteiger partial charge on any atom is 0.341 e. The molecule has 1 N–H and O–H groups in total. The number of aryl methyl sites for hydroxylation is 1. The number of thiazole rings is 1. The second-order valence-electron chi connectivity index (χ2n) is 8.76. The summed E-state index contributed by atoms with van der Waals surface area (Å²) in [6, 6.07) is 5.22. The van der Waals surface area contributed by atoms with Crippen molar-refractivity contribution < 1.29 is 33.4 Å². The van der Waals surface area contributed by atoms with E-state index in [4.69, 9.17) is 14.2 Å². The van der Waals surface area contributed by atoms with Crippen molar-refractivity contribution in [3.63, 3.8) is 0 Å². The Labute approximate surface area is 243 Å². The highest BCUT2D eigenvalue weighted by atomic mass is 32.2. The lowest BCUT2D eigenvalue weighted by atomic mass is 10.1. The topological polar surface area (TPSA) is 125 Å². The number of hydrogen-bond donors (Lipinski definition) is 1. The Morgan fingerprint density at radius 3 is 2.58 bits per heavy atom. The van der Waals surface area contributed by atoms with Gasteiger partial charge in [0, 0.05) is 18.5 Å². The number of carbonyl (C=O) groups excluding carboxylic acids is 4. The van der Waals surface area contributed by atoms with Gasteiger partial charge in [-0.05, 0) is 56.9 Å². The molecule has 13 heteroatoms. The number of benzene rings is 1. The van der Waals surface area contributed by atoms with E-state index in [2.05, 4.69) is 10.3 Å². The number of nitrogens with one attached hydrogen (secondary N) is 1. The first-order chi connectivity index (χ1) is 19.4. The van der Waals surface area contributed by atoms with E-state index >= 15 is 0 Å². The average molecular weight is 606 g/mol. The number of amides is 2. The molecular weight excluding hydrogens is 575 g/mol. The minimum Gasteiger partial charge on any atom is -0.462 e. The molecule has 2 heterocycles. The number of ether oxygens (including phenoxy) is 3. The van der Waals surface area contributed by atoms with Crippen LogP contribution in [0.25, 0.3) is 10.2 Å². The van der Waals surface area contributed by atoms with Crippen LogP contribution >= 0.6 is 34.4 Å². The van der Waals surface area contributed by atoms with E-state index in [1.54, 1.807) is 39.2 Å². The summed E-state index contributed by atoms with van der Waals surface area (Å²) in [6.45, 7) is 4.93. The second kappa shape index (κ2) is 14.1. The molecule has 10 nitrogen and oxygen atoms in total. The number of hydrogen-bond acceptors (Lipinski definition) is 10. The van der Waals surface area contributed by atoms with Crippen molar-refractivity contribution in [1.29, 1.82) is 0 Å². The van der Waals surface area contributed by atoms with Crippen LogP contribution in [0.1, 0.15) is 51.4 Å². The van der Waals surface area contributed by atoms with Crippen LogP contribution in [0.2, 0.25) is 0 Å². The first-order valence-corrected chi connectivity index (χ1v) is 15.7. The van der Waals surface area contributed by atoms with Gasteiger partial charge in [0.2, 0.25) is 5.91 Å². The van der Waals surface area contributed by atoms with Gasteiger partial charge in [0.1, 0.15) is 5.00 Å². The van der Waals surface area contributed by atoms with Crippen LogP contribution in [0.3, 0.4) is 0 Å². The summed E-state index contributed by atoms with van der Waals surface area (Å²) in [5, 5.41) is 3.35. The third-order valence-corrected chi connectivity index (χ3v) is 9.21. The lowest BCUT2D eigenvalue weighted by Crippen LogP contribution is -2.20. The molecule has 1 aliphatic carbocycles. The van der Waals surface area contributed by atoms with Crippen LogP contribution in [0, 0.1) is 0 Å². The van der Waals surface area contributed by atoms with Gasteiger partial charge in [0.15, 0.2) is 4.80 Å². The monoisotopic (exact) mass is 605 g/mol. The first kappa shape index (κ1) is 30.0. The summed E-state index contributed by atoms with van der Waals surface area (Å²) in [5.41, 5.74) is 2.69. The Bertz CT molecular complexity index is 1490. The molecule has 0 saturated heterocycles. The average Bonchev–Trinajstić information content (AvgIpc) is 3.60. The third-order valence-electron chi connectivity index (χ3n) is 6.05. The van der Waals surface area contributed by atoms with Crippen molar-refractivity contribution in [2.75, 3.05) is 43.8 Å². The number of thiophene rings is 1. The summed E-state index contributed by atoms with van der Waals surface area (Å²) in [6.07, 6.45) is 2.67. The van der Waals surface area contributed by atoms with Crippen LogP contribution in [0.15, 0.2) is 23.2 Å². The Morgan fingerprint density at radius 1 is 1.05 bits per heavy atom. The van der Waals surface area contributed by atoms with Gasteiger partial charge in [-0.3, -0.25) is 9.59 Å². The molecule has 4 rings (SSSR count). The Morgan fingerprint density at radius 2 is 1.82 bits per heavy atom. The van der Waals surface area contributed by atoms with E-state index in [0.29, 0.717) is 34.1 Å². The Balaban J connectivity index is 1.43.